The molecule has 15 heavy (non-hydrogen) atoms. The first-order valence-corrected chi connectivity index (χ1v) is 6.14. The average molecular weight is 213 g/mol. The van der Waals surface area contributed by atoms with Crippen molar-refractivity contribution in [1.82, 2.24) is 15.1 Å². The van der Waals surface area contributed by atoms with Gasteiger partial charge in [0.15, 0.2) is 0 Å². The van der Waals surface area contributed by atoms with Crippen LogP contribution >= 0.6 is 0 Å². The van der Waals surface area contributed by atoms with Crippen molar-refractivity contribution >= 4 is 0 Å². The van der Waals surface area contributed by atoms with Crippen molar-refractivity contribution < 1.29 is 0 Å². The molecule has 0 aromatic carbocycles. The third kappa shape index (κ3) is 4.09. The van der Waals surface area contributed by atoms with Crippen molar-refractivity contribution in [2.24, 2.45) is 5.92 Å². The van der Waals surface area contributed by atoms with Crippen LogP contribution in [0.2, 0.25) is 0 Å². The van der Waals surface area contributed by atoms with Crippen LogP contribution in [0.3, 0.4) is 0 Å². The fraction of sp³-hybridized carbons (Fsp3) is 1.00. The molecule has 0 aromatic rings. The molecule has 0 radical (unpaired) electrons. The summed E-state index contributed by atoms with van der Waals surface area (Å²) in [6.45, 7) is 3.62. The highest BCUT2D eigenvalue weighted by Gasteiger charge is 2.32. The zero-order valence-electron chi connectivity index (χ0n) is 10.8. The summed E-state index contributed by atoms with van der Waals surface area (Å²) in [6.07, 6.45) is 4.08. The molecule has 3 nitrogen and oxygen atoms in total. The van der Waals surface area contributed by atoms with Crippen LogP contribution in [0.15, 0.2) is 0 Å². The Bertz CT molecular complexity index is 170. The molecule has 0 aromatic heterocycles. The van der Waals surface area contributed by atoms with E-state index in [-0.39, 0.29) is 0 Å². The predicted octanol–water partition coefficient (Wildman–Crippen LogP) is 0.868. The smallest absolute Gasteiger partial charge is 0.0133 e. The largest absolute Gasteiger partial charge is 0.319 e. The van der Waals surface area contributed by atoms with E-state index in [1.165, 1.54) is 38.9 Å². The predicted molar refractivity (Wildman–Crippen MR) is 66.2 cm³/mol. The molecule has 0 heterocycles. The number of nitrogens with one attached hydrogen (secondary N) is 1. The number of hydrogen-bond acceptors (Lipinski definition) is 3. The van der Waals surface area contributed by atoms with Crippen molar-refractivity contribution in [3.8, 4) is 0 Å². The van der Waals surface area contributed by atoms with Crippen LogP contribution in [0.4, 0.5) is 0 Å². The fourth-order valence-electron chi connectivity index (χ4n) is 2.43. The molecule has 1 rings (SSSR count). The van der Waals surface area contributed by atoms with Crippen molar-refractivity contribution in [2.45, 2.75) is 25.3 Å². The lowest BCUT2D eigenvalue weighted by Gasteiger charge is -2.43. The van der Waals surface area contributed by atoms with E-state index in [4.69, 9.17) is 0 Å². The molecule has 1 fully saturated rings. The van der Waals surface area contributed by atoms with Crippen molar-refractivity contribution in [3.63, 3.8) is 0 Å². The Labute approximate surface area is 94.8 Å². The molecule has 1 aliphatic rings. The van der Waals surface area contributed by atoms with Gasteiger partial charge in [0.1, 0.15) is 0 Å². The fourth-order valence-corrected chi connectivity index (χ4v) is 2.43. The SMILES string of the molecule is CNCC1CCC1N(C)CCCN(C)C. The van der Waals surface area contributed by atoms with Crippen molar-refractivity contribution in [2.75, 3.05) is 47.8 Å². The molecule has 0 saturated heterocycles. The van der Waals surface area contributed by atoms with Gasteiger partial charge in [0.05, 0.1) is 0 Å². The summed E-state index contributed by atoms with van der Waals surface area (Å²) in [6, 6.07) is 0.833. The number of rotatable bonds is 7. The summed E-state index contributed by atoms with van der Waals surface area (Å²) in [4.78, 5) is 4.81. The quantitative estimate of drug-likeness (QED) is 0.677. The van der Waals surface area contributed by atoms with Gasteiger partial charge in [0, 0.05) is 6.04 Å². The Hall–Kier alpha value is -0.120. The van der Waals surface area contributed by atoms with Crippen molar-refractivity contribution in [1.29, 1.82) is 0 Å². The van der Waals surface area contributed by atoms with Crippen LogP contribution in [0.25, 0.3) is 0 Å². The average Bonchev–Trinajstić information content (AvgIpc) is 2.11. The summed E-state index contributed by atoms with van der Waals surface area (Å²) in [5, 5.41) is 3.29. The van der Waals surface area contributed by atoms with Crippen LogP contribution in [0.1, 0.15) is 19.3 Å². The minimum absolute atomic E-state index is 0.833. The van der Waals surface area contributed by atoms with E-state index in [0.717, 1.165) is 12.0 Å². The molecule has 0 amide bonds. The van der Waals surface area contributed by atoms with Gasteiger partial charge in [-0.1, -0.05) is 0 Å². The zero-order valence-corrected chi connectivity index (χ0v) is 10.8. The van der Waals surface area contributed by atoms with Crippen LogP contribution in [-0.4, -0.2) is 63.7 Å². The minimum Gasteiger partial charge on any atom is -0.319 e. The van der Waals surface area contributed by atoms with E-state index >= 15 is 0 Å². The van der Waals surface area contributed by atoms with E-state index < -0.39 is 0 Å². The maximum absolute atomic E-state index is 3.29. The molecule has 90 valence electrons. The molecule has 3 heteroatoms. The monoisotopic (exact) mass is 213 g/mol. The van der Waals surface area contributed by atoms with E-state index in [2.05, 4.69) is 43.3 Å². The first-order valence-electron chi connectivity index (χ1n) is 6.14. The third-order valence-corrected chi connectivity index (χ3v) is 3.53. The maximum Gasteiger partial charge on any atom is 0.0133 e. The summed E-state index contributed by atoms with van der Waals surface area (Å²) in [7, 11) is 8.63. The van der Waals surface area contributed by atoms with E-state index in [1.807, 2.05) is 0 Å². The molecular formula is C12H27N3. The topological polar surface area (TPSA) is 18.5 Å². The lowest BCUT2D eigenvalue weighted by Crippen LogP contribution is -2.49. The summed E-state index contributed by atoms with van der Waals surface area (Å²) in [5.41, 5.74) is 0. The van der Waals surface area contributed by atoms with Gasteiger partial charge >= 0.3 is 0 Å². The van der Waals surface area contributed by atoms with Crippen molar-refractivity contribution in [3.05, 3.63) is 0 Å². The Morgan fingerprint density at radius 1 is 1.13 bits per heavy atom. The van der Waals surface area contributed by atoms with Crippen LogP contribution in [0.5, 0.6) is 0 Å². The lowest BCUT2D eigenvalue weighted by molar-refractivity contribution is 0.0825. The Morgan fingerprint density at radius 2 is 1.87 bits per heavy atom. The minimum atomic E-state index is 0.833. The maximum atomic E-state index is 3.29. The van der Waals surface area contributed by atoms with Gasteiger partial charge in [-0.05, 0) is 73.0 Å². The molecule has 2 unspecified atom stereocenters. The van der Waals surface area contributed by atoms with Gasteiger partial charge in [0.2, 0.25) is 0 Å². The van der Waals surface area contributed by atoms with Crippen LogP contribution in [0, 0.1) is 5.92 Å². The zero-order chi connectivity index (χ0) is 11.3. The summed E-state index contributed by atoms with van der Waals surface area (Å²) in [5.74, 6) is 0.888. The Kier molecular flexibility index (Phi) is 5.58. The second-order valence-electron chi connectivity index (χ2n) is 5.10. The van der Waals surface area contributed by atoms with Gasteiger partial charge in [-0.15, -0.1) is 0 Å². The van der Waals surface area contributed by atoms with Gasteiger partial charge < -0.3 is 15.1 Å². The standard InChI is InChI=1S/C12H27N3/c1-13-10-11-6-7-12(11)15(4)9-5-8-14(2)3/h11-13H,5-10H2,1-4H3. The van der Waals surface area contributed by atoms with E-state index in [9.17, 15) is 0 Å². The van der Waals surface area contributed by atoms with Gasteiger partial charge in [-0.2, -0.15) is 0 Å². The highest BCUT2D eigenvalue weighted by molar-refractivity contribution is 4.88. The van der Waals surface area contributed by atoms with Gasteiger partial charge in [-0.25, -0.2) is 0 Å². The van der Waals surface area contributed by atoms with E-state index in [0.29, 0.717) is 0 Å². The van der Waals surface area contributed by atoms with Crippen LogP contribution in [-0.2, 0) is 0 Å². The lowest BCUT2D eigenvalue weighted by atomic mass is 9.78. The molecule has 0 bridgehead atoms. The molecule has 1 aliphatic carbocycles. The first-order chi connectivity index (χ1) is 7.15. The normalized spacial score (nSPS) is 26.0. The van der Waals surface area contributed by atoms with Gasteiger partial charge in [-0.3, -0.25) is 0 Å². The van der Waals surface area contributed by atoms with Gasteiger partial charge in [0.25, 0.3) is 0 Å². The second-order valence-corrected chi connectivity index (χ2v) is 5.10. The van der Waals surface area contributed by atoms with E-state index in [1.54, 1.807) is 0 Å². The summed E-state index contributed by atoms with van der Waals surface area (Å²) < 4.78 is 0. The molecule has 2 atom stereocenters. The summed E-state index contributed by atoms with van der Waals surface area (Å²) >= 11 is 0. The highest BCUT2D eigenvalue weighted by Crippen LogP contribution is 2.30. The molecular weight excluding hydrogens is 186 g/mol. The third-order valence-electron chi connectivity index (χ3n) is 3.53. The number of nitrogens with zero attached hydrogens (tertiary/aromatic N) is 2. The Morgan fingerprint density at radius 3 is 2.33 bits per heavy atom. The second kappa shape index (κ2) is 6.46. The number of hydrogen-bond donors (Lipinski definition) is 1. The highest BCUT2D eigenvalue weighted by atomic mass is 15.2. The Balaban J connectivity index is 2.13. The molecule has 1 N–H and O–H groups in total. The first kappa shape index (κ1) is 12.9. The van der Waals surface area contributed by atoms with Crippen LogP contribution < -0.4 is 5.32 Å². The molecule has 0 spiro atoms. The molecule has 1 saturated carbocycles. The molecule has 0 aliphatic heterocycles.